The van der Waals surface area contributed by atoms with Crippen LogP contribution in [0.5, 0.6) is 0 Å². The van der Waals surface area contributed by atoms with Crippen LogP contribution in [0.3, 0.4) is 0 Å². The van der Waals surface area contributed by atoms with Crippen molar-refractivity contribution in [3.8, 4) is 11.1 Å². The second kappa shape index (κ2) is 11.1. The maximum absolute atomic E-state index is 2.52. The average molecular weight is 644 g/mol. The molecule has 1 aromatic heterocycles. The van der Waals surface area contributed by atoms with Crippen LogP contribution >= 0.6 is 11.3 Å². The van der Waals surface area contributed by atoms with Crippen LogP contribution in [0.1, 0.15) is 106 Å². The monoisotopic (exact) mass is 643 g/mol. The van der Waals surface area contributed by atoms with Crippen LogP contribution in [0.4, 0.5) is 17.1 Å². The quantitative estimate of drug-likeness (QED) is 0.181. The Morgan fingerprint density at radius 3 is 2.08 bits per heavy atom. The van der Waals surface area contributed by atoms with Crippen molar-refractivity contribution in [1.82, 2.24) is 0 Å². The molecule has 2 bridgehead atoms. The fourth-order valence-electron chi connectivity index (χ4n) is 10.5. The van der Waals surface area contributed by atoms with Crippen LogP contribution in [-0.2, 0) is 5.41 Å². The summed E-state index contributed by atoms with van der Waals surface area (Å²) in [5.41, 5.74) is 12.5. The van der Waals surface area contributed by atoms with Gasteiger partial charge in [0.2, 0.25) is 0 Å². The maximum Gasteiger partial charge on any atom is 0.0465 e. The van der Waals surface area contributed by atoms with E-state index in [1.807, 2.05) is 11.3 Å². The first-order valence-corrected chi connectivity index (χ1v) is 19.4. The lowest BCUT2D eigenvalue weighted by Crippen LogP contribution is -2.16. The molecule has 0 N–H and O–H groups in total. The summed E-state index contributed by atoms with van der Waals surface area (Å²) in [6.45, 7) is 4.85. The van der Waals surface area contributed by atoms with Gasteiger partial charge in [-0.05, 0) is 138 Å². The van der Waals surface area contributed by atoms with E-state index in [0.717, 1.165) is 17.8 Å². The number of hydrogen-bond acceptors (Lipinski definition) is 2. The largest absolute Gasteiger partial charge is 0.310 e. The molecule has 4 aliphatic carbocycles. The smallest absolute Gasteiger partial charge is 0.0465 e. The molecular formula is C46H45NS. The zero-order valence-electron chi connectivity index (χ0n) is 28.3. The lowest BCUT2D eigenvalue weighted by atomic mass is 9.82. The van der Waals surface area contributed by atoms with Gasteiger partial charge in [-0.2, -0.15) is 0 Å². The molecule has 2 heteroatoms. The predicted molar refractivity (Wildman–Crippen MR) is 206 cm³/mol. The highest BCUT2D eigenvalue weighted by Gasteiger charge is 2.40. The Kier molecular flexibility index (Phi) is 6.71. The number of nitrogens with zero attached hydrogens (tertiary/aromatic N) is 1. The standard InChI is InChI=1S/C46H45NS/c1-46(2)40-24-25-43-45(38-10-6-7-11-42(38)48-43)44(40)37-23-22-36(28-41(37)46)47(34-18-14-31(15-19-34)30-8-4-3-5-9-30)35-20-16-32(17-21-35)39-27-29-12-13-33(39)26-29/h6-7,10-11,14-25,28-30,33,39H,3-5,8-9,12-13,26-27H2,1-2H3. The van der Waals surface area contributed by atoms with E-state index in [2.05, 4.69) is 122 Å². The number of thiophene rings is 1. The number of fused-ring (bicyclic) bond motifs is 9. The van der Waals surface area contributed by atoms with E-state index in [4.69, 9.17) is 0 Å². The SMILES string of the molecule is CC1(C)c2cc(N(c3ccc(C4CCCCC4)cc3)c3ccc(C4CC5CCC4C5)cc3)ccc2-c2c1ccc1sc3ccccc3c21. The van der Waals surface area contributed by atoms with Gasteiger partial charge in [-0.3, -0.25) is 0 Å². The molecule has 0 spiro atoms. The van der Waals surface area contributed by atoms with Gasteiger partial charge in [0.15, 0.2) is 0 Å². The Labute approximate surface area is 289 Å². The van der Waals surface area contributed by atoms with Gasteiger partial charge in [0, 0.05) is 42.6 Å². The van der Waals surface area contributed by atoms with Gasteiger partial charge in [-0.25, -0.2) is 0 Å². The zero-order chi connectivity index (χ0) is 32.0. The van der Waals surface area contributed by atoms with Gasteiger partial charge in [-0.15, -0.1) is 11.3 Å². The van der Waals surface area contributed by atoms with Crippen molar-refractivity contribution in [1.29, 1.82) is 0 Å². The minimum absolute atomic E-state index is 0.0833. The van der Waals surface area contributed by atoms with E-state index in [1.54, 1.807) is 5.56 Å². The summed E-state index contributed by atoms with van der Waals surface area (Å²) in [5.74, 6) is 3.33. The number of anilines is 3. The summed E-state index contributed by atoms with van der Waals surface area (Å²) < 4.78 is 2.76. The number of rotatable bonds is 5. The first-order valence-electron chi connectivity index (χ1n) is 18.6. The van der Waals surface area contributed by atoms with Crippen molar-refractivity contribution in [3.05, 3.63) is 125 Å². The van der Waals surface area contributed by atoms with E-state index in [1.165, 1.54) is 123 Å². The summed E-state index contributed by atoms with van der Waals surface area (Å²) in [6, 6.07) is 40.4. The first kappa shape index (κ1) is 29.1. The van der Waals surface area contributed by atoms with Crippen molar-refractivity contribution < 1.29 is 0 Å². The minimum atomic E-state index is -0.0833. The normalized spacial score (nSPS) is 22.8. The van der Waals surface area contributed by atoms with Crippen LogP contribution in [0, 0.1) is 11.8 Å². The molecule has 10 rings (SSSR count). The maximum atomic E-state index is 2.52. The lowest BCUT2D eigenvalue weighted by molar-refractivity contribution is 0.420. The third kappa shape index (κ3) is 4.48. The second-order valence-electron chi connectivity index (χ2n) is 15.9. The van der Waals surface area contributed by atoms with Gasteiger partial charge in [0.25, 0.3) is 0 Å². The highest BCUT2D eigenvalue weighted by molar-refractivity contribution is 7.26. The molecule has 0 saturated heterocycles. The molecule has 1 heterocycles. The van der Waals surface area contributed by atoms with Gasteiger partial charge in [-0.1, -0.05) is 94.1 Å². The third-order valence-corrected chi connectivity index (χ3v) is 14.1. The van der Waals surface area contributed by atoms with E-state index in [-0.39, 0.29) is 5.41 Å². The topological polar surface area (TPSA) is 3.24 Å². The van der Waals surface area contributed by atoms with E-state index in [9.17, 15) is 0 Å². The van der Waals surface area contributed by atoms with Gasteiger partial charge in [0.05, 0.1) is 0 Å². The van der Waals surface area contributed by atoms with E-state index in [0.29, 0.717) is 5.92 Å². The Bertz CT molecular complexity index is 2160. The molecule has 4 aliphatic rings. The molecule has 3 fully saturated rings. The predicted octanol–water partition coefficient (Wildman–Crippen LogP) is 13.8. The number of benzene rings is 5. The summed E-state index contributed by atoms with van der Waals surface area (Å²) in [7, 11) is 0. The molecule has 1 nitrogen and oxygen atoms in total. The summed E-state index contributed by atoms with van der Waals surface area (Å²) in [6.07, 6.45) is 12.5. The molecule has 5 aromatic carbocycles. The third-order valence-electron chi connectivity index (χ3n) is 13.0. The summed E-state index contributed by atoms with van der Waals surface area (Å²) >= 11 is 1.92. The molecule has 3 unspecified atom stereocenters. The van der Waals surface area contributed by atoms with Crippen molar-refractivity contribution >= 4 is 48.6 Å². The lowest BCUT2D eigenvalue weighted by Gasteiger charge is -2.29. The molecule has 0 aliphatic heterocycles. The Hall–Kier alpha value is -3.88. The van der Waals surface area contributed by atoms with Gasteiger partial charge >= 0.3 is 0 Å². The molecule has 240 valence electrons. The van der Waals surface area contributed by atoms with Crippen molar-refractivity contribution in [2.45, 2.75) is 88.9 Å². The fourth-order valence-corrected chi connectivity index (χ4v) is 11.6. The average Bonchev–Trinajstić information content (AvgIpc) is 3.91. The van der Waals surface area contributed by atoms with Crippen molar-refractivity contribution in [3.63, 3.8) is 0 Å². The molecule has 0 amide bonds. The van der Waals surface area contributed by atoms with Crippen molar-refractivity contribution in [2.24, 2.45) is 11.8 Å². The zero-order valence-corrected chi connectivity index (χ0v) is 29.2. The Morgan fingerprint density at radius 1 is 0.625 bits per heavy atom. The van der Waals surface area contributed by atoms with Crippen LogP contribution in [0.25, 0.3) is 31.3 Å². The summed E-state index contributed by atoms with van der Waals surface area (Å²) in [5, 5.41) is 2.82. The van der Waals surface area contributed by atoms with Crippen LogP contribution in [0.15, 0.2) is 103 Å². The van der Waals surface area contributed by atoms with E-state index < -0.39 is 0 Å². The Morgan fingerprint density at radius 2 is 1.35 bits per heavy atom. The molecule has 3 saturated carbocycles. The Balaban J connectivity index is 1.09. The minimum Gasteiger partial charge on any atom is -0.310 e. The second-order valence-corrected chi connectivity index (χ2v) is 17.0. The number of hydrogen-bond donors (Lipinski definition) is 0. The molecule has 0 radical (unpaired) electrons. The molecule has 3 atom stereocenters. The fraction of sp³-hybridized carbons (Fsp3) is 0.348. The molecule has 48 heavy (non-hydrogen) atoms. The molecule has 6 aromatic rings. The molecular weight excluding hydrogens is 599 g/mol. The van der Waals surface area contributed by atoms with Crippen LogP contribution < -0.4 is 4.90 Å². The van der Waals surface area contributed by atoms with E-state index >= 15 is 0 Å². The van der Waals surface area contributed by atoms with Crippen molar-refractivity contribution in [2.75, 3.05) is 4.90 Å². The summed E-state index contributed by atoms with van der Waals surface area (Å²) in [4.78, 5) is 2.52. The van der Waals surface area contributed by atoms with Crippen LogP contribution in [-0.4, -0.2) is 0 Å². The van der Waals surface area contributed by atoms with Crippen LogP contribution in [0.2, 0.25) is 0 Å². The first-order chi connectivity index (χ1) is 23.5. The van der Waals surface area contributed by atoms with Gasteiger partial charge < -0.3 is 4.90 Å². The highest BCUT2D eigenvalue weighted by atomic mass is 32.1. The van der Waals surface area contributed by atoms with Gasteiger partial charge in [0.1, 0.15) is 0 Å². The highest BCUT2D eigenvalue weighted by Crippen LogP contribution is 2.56.